The van der Waals surface area contributed by atoms with E-state index in [9.17, 15) is 4.79 Å². The maximum atomic E-state index is 12.1. The zero-order chi connectivity index (χ0) is 15.8. The molecular formula is C17H24O4. The van der Waals surface area contributed by atoms with Crippen molar-refractivity contribution in [3.05, 3.63) is 48.0 Å². The first-order valence-electron chi connectivity index (χ1n) is 6.98. The summed E-state index contributed by atoms with van der Waals surface area (Å²) in [6, 6.07) is 9.85. The van der Waals surface area contributed by atoms with Gasteiger partial charge in [0.05, 0.1) is 6.10 Å². The van der Waals surface area contributed by atoms with Crippen molar-refractivity contribution in [2.75, 3.05) is 14.2 Å². The summed E-state index contributed by atoms with van der Waals surface area (Å²) in [5.74, 6) is -0.710. The van der Waals surface area contributed by atoms with Crippen LogP contribution in [0.2, 0.25) is 0 Å². The van der Waals surface area contributed by atoms with E-state index in [1.807, 2.05) is 44.2 Å². The van der Waals surface area contributed by atoms with E-state index in [-0.39, 0.29) is 12.0 Å². The van der Waals surface area contributed by atoms with Crippen LogP contribution in [0.5, 0.6) is 0 Å². The Morgan fingerprint density at radius 3 is 2.19 bits per heavy atom. The first kappa shape index (κ1) is 17.4. The lowest BCUT2D eigenvalue weighted by Gasteiger charge is -2.26. The Balaban J connectivity index is 2.91. The Hall–Kier alpha value is -1.65. The second-order valence-corrected chi connectivity index (χ2v) is 5.12. The summed E-state index contributed by atoms with van der Waals surface area (Å²) in [6.07, 6.45) is -0.133. The number of ether oxygens (including phenoxy) is 3. The molecule has 1 aromatic rings. The highest BCUT2D eigenvalue weighted by atomic mass is 16.7. The molecule has 4 heteroatoms. The van der Waals surface area contributed by atoms with Gasteiger partial charge in [-0.25, -0.2) is 4.79 Å². The molecule has 0 amide bonds. The number of methoxy groups -OCH3 is 2. The first-order chi connectivity index (χ1) is 9.99. The van der Waals surface area contributed by atoms with E-state index in [4.69, 9.17) is 14.2 Å². The summed E-state index contributed by atoms with van der Waals surface area (Å²) in [4.78, 5) is 12.1. The molecule has 1 aromatic carbocycles. The molecule has 0 unspecified atom stereocenters. The third-order valence-electron chi connectivity index (χ3n) is 3.14. The fourth-order valence-electron chi connectivity index (χ4n) is 2.12. The van der Waals surface area contributed by atoms with E-state index in [1.54, 1.807) is 14.2 Å². The number of rotatable bonds is 8. The average molecular weight is 292 g/mol. The van der Waals surface area contributed by atoms with Gasteiger partial charge in [0, 0.05) is 25.7 Å². The molecule has 0 heterocycles. The Kier molecular flexibility index (Phi) is 7.12. The van der Waals surface area contributed by atoms with Crippen LogP contribution in [0.25, 0.3) is 0 Å². The number of carbonyl (C=O) groups is 1. The summed E-state index contributed by atoms with van der Waals surface area (Å²) in [7, 11) is 3.10. The quantitative estimate of drug-likeness (QED) is 0.420. The normalized spacial score (nSPS) is 12.5. The standard InChI is InChI=1S/C17H24O4/c1-12(2)21-16(18)13(3)15(17(19-4)20-5)11-14-9-7-6-8-10-14/h6-10,12,15,17H,3,11H2,1-2,4-5H3/t15-/m0/s1. The maximum Gasteiger partial charge on any atom is 0.334 e. The molecule has 0 fully saturated rings. The third kappa shape index (κ3) is 5.33. The van der Waals surface area contributed by atoms with Gasteiger partial charge >= 0.3 is 5.97 Å². The fourth-order valence-corrected chi connectivity index (χ4v) is 2.12. The lowest BCUT2D eigenvalue weighted by molar-refractivity contribution is -0.151. The van der Waals surface area contributed by atoms with E-state index in [0.29, 0.717) is 12.0 Å². The maximum absolute atomic E-state index is 12.1. The largest absolute Gasteiger partial charge is 0.460 e. The van der Waals surface area contributed by atoms with Crippen molar-refractivity contribution in [3.63, 3.8) is 0 Å². The van der Waals surface area contributed by atoms with Crippen molar-refractivity contribution in [2.45, 2.75) is 32.7 Å². The summed E-state index contributed by atoms with van der Waals surface area (Å²) in [5, 5.41) is 0. The van der Waals surface area contributed by atoms with Crippen LogP contribution < -0.4 is 0 Å². The molecule has 0 aliphatic carbocycles. The van der Waals surface area contributed by atoms with Gasteiger partial charge in [-0.2, -0.15) is 0 Å². The predicted octanol–water partition coefficient (Wildman–Crippen LogP) is 2.97. The van der Waals surface area contributed by atoms with E-state index in [0.717, 1.165) is 5.56 Å². The molecule has 0 aromatic heterocycles. The number of esters is 1. The summed E-state index contributed by atoms with van der Waals surface area (Å²) < 4.78 is 15.9. The van der Waals surface area contributed by atoms with Gasteiger partial charge in [-0.15, -0.1) is 0 Å². The van der Waals surface area contributed by atoms with Crippen molar-refractivity contribution >= 4 is 5.97 Å². The second-order valence-electron chi connectivity index (χ2n) is 5.12. The molecule has 0 spiro atoms. The van der Waals surface area contributed by atoms with Crippen molar-refractivity contribution in [2.24, 2.45) is 5.92 Å². The van der Waals surface area contributed by atoms with Crippen LogP contribution in [0.4, 0.5) is 0 Å². The molecule has 0 N–H and O–H groups in total. The van der Waals surface area contributed by atoms with Crippen LogP contribution >= 0.6 is 0 Å². The van der Waals surface area contributed by atoms with Crippen LogP contribution in [0.1, 0.15) is 19.4 Å². The molecule has 21 heavy (non-hydrogen) atoms. The monoisotopic (exact) mass is 292 g/mol. The Morgan fingerprint density at radius 2 is 1.71 bits per heavy atom. The molecule has 4 nitrogen and oxygen atoms in total. The number of hydrogen-bond acceptors (Lipinski definition) is 4. The minimum Gasteiger partial charge on any atom is -0.460 e. The summed E-state index contributed by atoms with van der Waals surface area (Å²) >= 11 is 0. The molecule has 1 rings (SSSR count). The first-order valence-corrected chi connectivity index (χ1v) is 6.98. The Morgan fingerprint density at radius 1 is 1.14 bits per heavy atom. The van der Waals surface area contributed by atoms with E-state index < -0.39 is 12.3 Å². The molecule has 116 valence electrons. The van der Waals surface area contributed by atoms with Crippen LogP contribution in [0.3, 0.4) is 0 Å². The molecule has 0 aliphatic rings. The van der Waals surface area contributed by atoms with Crippen LogP contribution in [0, 0.1) is 5.92 Å². The highest BCUT2D eigenvalue weighted by Crippen LogP contribution is 2.23. The lowest BCUT2D eigenvalue weighted by atomic mass is 9.92. The molecule has 0 radical (unpaired) electrons. The van der Waals surface area contributed by atoms with Gasteiger partial charge in [-0.1, -0.05) is 36.9 Å². The lowest BCUT2D eigenvalue weighted by Crippen LogP contribution is -2.32. The molecule has 0 bridgehead atoms. The number of benzene rings is 1. The molecule has 0 saturated heterocycles. The minimum atomic E-state index is -0.544. The molecule has 1 atom stereocenters. The van der Waals surface area contributed by atoms with Crippen LogP contribution in [0.15, 0.2) is 42.5 Å². The SMILES string of the molecule is C=C(C(=O)OC(C)C)[C@H](Cc1ccccc1)C(OC)OC. The minimum absolute atomic E-state index is 0.185. The predicted molar refractivity (Wildman–Crippen MR) is 81.8 cm³/mol. The van der Waals surface area contributed by atoms with Gasteiger partial charge in [-0.05, 0) is 25.8 Å². The molecule has 0 aliphatic heterocycles. The number of carbonyl (C=O) groups excluding carboxylic acids is 1. The van der Waals surface area contributed by atoms with Crippen molar-refractivity contribution in [1.82, 2.24) is 0 Å². The van der Waals surface area contributed by atoms with Gasteiger partial charge in [0.15, 0.2) is 6.29 Å². The fraction of sp³-hybridized carbons (Fsp3) is 0.471. The van der Waals surface area contributed by atoms with Gasteiger partial charge < -0.3 is 14.2 Å². The zero-order valence-electron chi connectivity index (χ0n) is 13.2. The van der Waals surface area contributed by atoms with Crippen molar-refractivity contribution < 1.29 is 19.0 Å². The van der Waals surface area contributed by atoms with Gasteiger partial charge in [0.1, 0.15) is 0 Å². The highest BCUT2D eigenvalue weighted by molar-refractivity contribution is 5.88. The Labute approximate surface area is 126 Å². The Bertz CT molecular complexity index is 449. The van der Waals surface area contributed by atoms with Gasteiger partial charge in [0.2, 0.25) is 0 Å². The summed E-state index contributed by atoms with van der Waals surface area (Å²) in [5.41, 5.74) is 1.45. The summed E-state index contributed by atoms with van der Waals surface area (Å²) in [6.45, 7) is 7.50. The topological polar surface area (TPSA) is 44.8 Å². The average Bonchev–Trinajstić information content (AvgIpc) is 2.47. The van der Waals surface area contributed by atoms with Crippen LogP contribution in [-0.2, 0) is 25.4 Å². The zero-order valence-corrected chi connectivity index (χ0v) is 13.2. The third-order valence-corrected chi connectivity index (χ3v) is 3.14. The van der Waals surface area contributed by atoms with E-state index in [2.05, 4.69) is 6.58 Å². The number of hydrogen-bond donors (Lipinski definition) is 0. The van der Waals surface area contributed by atoms with E-state index >= 15 is 0 Å². The van der Waals surface area contributed by atoms with E-state index in [1.165, 1.54) is 0 Å². The van der Waals surface area contributed by atoms with Crippen molar-refractivity contribution in [1.29, 1.82) is 0 Å². The molecular weight excluding hydrogens is 268 g/mol. The van der Waals surface area contributed by atoms with Gasteiger partial charge in [0.25, 0.3) is 0 Å². The molecule has 0 saturated carbocycles. The van der Waals surface area contributed by atoms with Crippen LogP contribution in [-0.4, -0.2) is 32.6 Å². The van der Waals surface area contributed by atoms with Gasteiger partial charge in [-0.3, -0.25) is 0 Å². The second kappa shape index (κ2) is 8.60. The highest BCUT2D eigenvalue weighted by Gasteiger charge is 2.29. The van der Waals surface area contributed by atoms with Crippen molar-refractivity contribution in [3.8, 4) is 0 Å². The smallest absolute Gasteiger partial charge is 0.334 e.